The minimum absolute atomic E-state index is 0.0315. The molecule has 1 N–H and O–H groups in total. The van der Waals surface area contributed by atoms with Crippen LogP contribution in [-0.2, 0) is 10.0 Å². The van der Waals surface area contributed by atoms with Gasteiger partial charge in [-0.3, -0.25) is 4.90 Å². The molecule has 0 amide bonds. The number of halogens is 3. The molecule has 0 bridgehead atoms. The number of alkyl halides is 3. The van der Waals surface area contributed by atoms with Crippen molar-refractivity contribution in [3.63, 3.8) is 0 Å². The van der Waals surface area contributed by atoms with Gasteiger partial charge in [0, 0.05) is 6.54 Å². The number of sulfonamides is 1. The fourth-order valence-corrected chi connectivity index (χ4v) is 4.26. The first kappa shape index (κ1) is 19.7. The summed E-state index contributed by atoms with van der Waals surface area (Å²) in [5, 5.41) is 0. The topological polar surface area (TPSA) is 71.8 Å². The average molecular weight is 404 g/mol. The number of furan rings is 1. The summed E-state index contributed by atoms with van der Waals surface area (Å²) in [5.74, 6) is -0.173. The van der Waals surface area contributed by atoms with Crippen molar-refractivity contribution in [1.29, 1.82) is 0 Å². The van der Waals surface area contributed by atoms with E-state index >= 15 is 0 Å². The Morgan fingerprint density at radius 3 is 2.48 bits per heavy atom. The standard InChI is InChI=1S/C17H19F3N2O4S/c18-17(19,20)26-15-6-1-2-8-16(15)27(23,24)21-12-13(14-7-5-11-25-14)22-9-3-4-10-22/h1-2,5-8,11,13,21H,3-4,9-10,12H2. The molecular formula is C17H19F3N2O4S. The Morgan fingerprint density at radius 2 is 1.85 bits per heavy atom. The van der Waals surface area contributed by atoms with Crippen LogP contribution in [0, 0.1) is 0 Å². The Morgan fingerprint density at radius 1 is 1.15 bits per heavy atom. The Kier molecular flexibility index (Phi) is 5.78. The van der Waals surface area contributed by atoms with E-state index in [2.05, 4.69) is 14.4 Å². The summed E-state index contributed by atoms with van der Waals surface area (Å²) in [6.07, 6.45) is -1.50. The zero-order chi connectivity index (χ0) is 19.5. The van der Waals surface area contributed by atoms with Crippen LogP contribution in [0.4, 0.5) is 13.2 Å². The molecule has 148 valence electrons. The molecule has 1 aromatic carbocycles. The third kappa shape index (κ3) is 5.02. The molecule has 1 aliphatic heterocycles. The zero-order valence-electron chi connectivity index (χ0n) is 14.3. The maximum atomic E-state index is 12.6. The lowest BCUT2D eigenvalue weighted by atomic mass is 10.2. The van der Waals surface area contributed by atoms with Crippen LogP contribution in [0.2, 0.25) is 0 Å². The monoisotopic (exact) mass is 404 g/mol. The van der Waals surface area contributed by atoms with E-state index in [9.17, 15) is 21.6 Å². The van der Waals surface area contributed by atoms with Crippen molar-refractivity contribution in [3.8, 4) is 5.75 Å². The van der Waals surface area contributed by atoms with Crippen molar-refractivity contribution in [1.82, 2.24) is 9.62 Å². The van der Waals surface area contributed by atoms with Crippen LogP contribution in [0.1, 0.15) is 24.6 Å². The summed E-state index contributed by atoms with van der Waals surface area (Å²) in [6.45, 7) is 1.55. The predicted molar refractivity (Wildman–Crippen MR) is 90.6 cm³/mol. The normalized spacial score (nSPS) is 17.1. The van der Waals surface area contributed by atoms with E-state index in [0.29, 0.717) is 5.76 Å². The minimum atomic E-state index is -4.99. The summed E-state index contributed by atoms with van der Waals surface area (Å²) in [4.78, 5) is 1.52. The lowest BCUT2D eigenvalue weighted by Gasteiger charge is -2.26. The molecule has 6 nitrogen and oxygen atoms in total. The molecule has 0 radical (unpaired) electrons. The average Bonchev–Trinajstić information content (AvgIpc) is 3.28. The molecular weight excluding hydrogens is 385 g/mol. The highest BCUT2D eigenvalue weighted by atomic mass is 32.2. The number of hydrogen-bond acceptors (Lipinski definition) is 5. The Labute approximate surface area is 155 Å². The largest absolute Gasteiger partial charge is 0.573 e. The van der Waals surface area contributed by atoms with Crippen LogP contribution in [-0.4, -0.2) is 39.3 Å². The molecule has 0 saturated carbocycles. The minimum Gasteiger partial charge on any atom is -0.468 e. The quantitative estimate of drug-likeness (QED) is 0.767. The van der Waals surface area contributed by atoms with Crippen molar-refractivity contribution in [2.45, 2.75) is 30.1 Å². The maximum Gasteiger partial charge on any atom is 0.573 e. The highest BCUT2D eigenvalue weighted by Gasteiger charge is 2.34. The smallest absolute Gasteiger partial charge is 0.468 e. The second-order valence-electron chi connectivity index (χ2n) is 6.12. The highest BCUT2D eigenvalue weighted by Crippen LogP contribution is 2.30. The molecule has 10 heteroatoms. The first-order chi connectivity index (χ1) is 12.8. The van der Waals surface area contributed by atoms with Gasteiger partial charge in [0.05, 0.1) is 12.3 Å². The number of benzene rings is 1. The zero-order valence-corrected chi connectivity index (χ0v) is 15.1. The fraction of sp³-hybridized carbons (Fsp3) is 0.412. The Balaban J connectivity index is 1.80. The molecule has 1 saturated heterocycles. The third-order valence-corrected chi connectivity index (χ3v) is 5.75. The predicted octanol–water partition coefficient (Wildman–Crippen LogP) is 3.29. The first-order valence-electron chi connectivity index (χ1n) is 8.38. The second kappa shape index (κ2) is 7.91. The lowest BCUT2D eigenvalue weighted by Crippen LogP contribution is -2.36. The van der Waals surface area contributed by atoms with Gasteiger partial charge in [-0.25, -0.2) is 13.1 Å². The van der Waals surface area contributed by atoms with Crippen molar-refractivity contribution in [2.75, 3.05) is 19.6 Å². The van der Waals surface area contributed by atoms with Gasteiger partial charge < -0.3 is 9.15 Å². The Bertz CT molecular complexity index is 847. The van der Waals surface area contributed by atoms with E-state index in [1.807, 2.05) is 0 Å². The van der Waals surface area contributed by atoms with Crippen molar-refractivity contribution < 1.29 is 30.7 Å². The Hall–Kier alpha value is -2.04. The number of nitrogens with one attached hydrogen (secondary N) is 1. The third-order valence-electron chi connectivity index (χ3n) is 4.28. The summed E-state index contributed by atoms with van der Waals surface area (Å²) < 4.78 is 74.6. The van der Waals surface area contributed by atoms with Gasteiger partial charge in [-0.2, -0.15) is 0 Å². The second-order valence-corrected chi connectivity index (χ2v) is 7.86. The van der Waals surface area contributed by atoms with E-state index in [1.54, 1.807) is 12.1 Å². The molecule has 1 aliphatic rings. The van der Waals surface area contributed by atoms with Gasteiger partial charge in [-0.05, 0) is 50.2 Å². The van der Waals surface area contributed by atoms with E-state index in [-0.39, 0.29) is 12.6 Å². The number of rotatable bonds is 7. The van der Waals surface area contributed by atoms with E-state index in [0.717, 1.165) is 38.1 Å². The van der Waals surface area contributed by atoms with Crippen LogP contribution in [0.3, 0.4) is 0 Å². The maximum absolute atomic E-state index is 12.6. The summed E-state index contributed by atoms with van der Waals surface area (Å²) >= 11 is 0. The molecule has 1 aromatic heterocycles. The SMILES string of the molecule is O=S(=O)(NCC(c1ccco1)N1CCCC1)c1ccccc1OC(F)(F)F. The van der Waals surface area contributed by atoms with Crippen LogP contribution >= 0.6 is 0 Å². The molecule has 2 aromatic rings. The number of likely N-dealkylation sites (tertiary alicyclic amines) is 1. The molecule has 2 heterocycles. The fourth-order valence-electron chi connectivity index (χ4n) is 3.09. The van der Waals surface area contributed by atoms with Gasteiger partial charge in [0.15, 0.2) is 0 Å². The van der Waals surface area contributed by atoms with Crippen molar-refractivity contribution in [2.24, 2.45) is 0 Å². The van der Waals surface area contributed by atoms with Gasteiger partial charge in [-0.15, -0.1) is 13.2 Å². The van der Waals surface area contributed by atoms with Crippen LogP contribution in [0.25, 0.3) is 0 Å². The molecule has 3 rings (SSSR count). The van der Waals surface area contributed by atoms with Crippen LogP contribution in [0.15, 0.2) is 52.0 Å². The molecule has 1 unspecified atom stereocenters. The lowest BCUT2D eigenvalue weighted by molar-refractivity contribution is -0.275. The first-order valence-corrected chi connectivity index (χ1v) is 9.86. The van der Waals surface area contributed by atoms with Gasteiger partial charge >= 0.3 is 6.36 Å². The molecule has 27 heavy (non-hydrogen) atoms. The van der Waals surface area contributed by atoms with Gasteiger partial charge in [0.2, 0.25) is 10.0 Å². The number of para-hydroxylation sites is 1. The summed E-state index contributed by atoms with van der Waals surface area (Å²) in [6, 6.07) is 7.76. The molecule has 1 fully saturated rings. The molecule has 0 aliphatic carbocycles. The molecule has 1 atom stereocenters. The van der Waals surface area contributed by atoms with Gasteiger partial charge in [0.1, 0.15) is 16.4 Å². The number of ether oxygens (including phenoxy) is 1. The number of hydrogen-bond donors (Lipinski definition) is 1. The summed E-state index contributed by atoms with van der Waals surface area (Å²) in [5.41, 5.74) is 0. The van der Waals surface area contributed by atoms with Gasteiger partial charge in [0.25, 0.3) is 0 Å². The van der Waals surface area contributed by atoms with Crippen LogP contribution < -0.4 is 9.46 Å². The van der Waals surface area contributed by atoms with E-state index in [4.69, 9.17) is 4.42 Å². The van der Waals surface area contributed by atoms with E-state index < -0.39 is 27.0 Å². The highest BCUT2D eigenvalue weighted by molar-refractivity contribution is 7.89. The number of nitrogens with zero attached hydrogens (tertiary/aromatic N) is 1. The van der Waals surface area contributed by atoms with Crippen molar-refractivity contribution in [3.05, 3.63) is 48.4 Å². The van der Waals surface area contributed by atoms with Crippen molar-refractivity contribution >= 4 is 10.0 Å². The molecule has 0 spiro atoms. The summed E-state index contributed by atoms with van der Waals surface area (Å²) in [7, 11) is -4.22. The van der Waals surface area contributed by atoms with E-state index in [1.165, 1.54) is 18.4 Å². The van der Waals surface area contributed by atoms with Gasteiger partial charge in [-0.1, -0.05) is 12.1 Å². The van der Waals surface area contributed by atoms with Crippen LogP contribution in [0.5, 0.6) is 5.75 Å².